The number of likely N-dealkylation sites (N-methyl/N-ethyl adjacent to an activating group) is 1. The summed E-state index contributed by atoms with van der Waals surface area (Å²) in [5.74, 6) is -0.0442. The molecule has 2 aromatic rings. The highest BCUT2D eigenvalue weighted by Gasteiger charge is 2.15. The van der Waals surface area contributed by atoms with Gasteiger partial charge in [0.25, 0.3) is 0 Å². The van der Waals surface area contributed by atoms with Gasteiger partial charge in [0.2, 0.25) is 5.91 Å². The van der Waals surface area contributed by atoms with E-state index in [0.717, 1.165) is 50.6 Å². The minimum atomic E-state index is -0.0442. The van der Waals surface area contributed by atoms with Crippen molar-refractivity contribution in [1.29, 1.82) is 0 Å². The van der Waals surface area contributed by atoms with E-state index < -0.39 is 0 Å². The summed E-state index contributed by atoms with van der Waals surface area (Å²) in [7, 11) is 0. The molecule has 2 N–H and O–H groups in total. The second-order valence-electron chi connectivity index (χ2n) is 6.68. The third-order valence-electron chi connectivity index (χ3n) is 4.78. The Balaban J connectivity index is 1.43. The Labute approximate surface area is 156 Å². The fraction of sp³-hybridized carbons (Fsp3) is 0.381. The molecule has 3 rings (SSSR count). The van der Waals surface area contributed by atoms with Gasteiger partial charge in [0.05, 0.1) is 6.54 Å². The van der Waals surface area contributed by atoms with E-state index in [2.05, 4.69) is 39.5 Å². The maximum Gasteiger partial charge on any atom is 0.243 e. The van der Waals surface area contributed by atoms with Gasteiger partial charge in [-0.05, 0) is 36.4 Å². The lowest BCUT2D eigenvalue weighted by Gasteiger charge is -2.34. The van der Waals surface area contributed by atoms with E-state index >= 15 is 0 Å². The number of benzene rings is 2. The Kier molecular flexibility index (Phi) is 6.63. The number of piperazine rings is 1. The standard InChI is InChI=1S/C21H28N4O/c1-2-24-12-14-25(15-13-24)17-18-8-10-20(11-9-18)23-21(26)16-22-19-6-4-3-5-7-19/h3-11,22H,2,12-17H2,1H3,(H,23,26). The minimum Gasteiger partial charge on any atom is -0.376 e. The van der Waals surface area contributed by atoms with Crippen molar-refractivity contribution in [2.75, 3.05) is 49.9 Å². The van der Waals surface area contributed by atoms with Crippen LogP contribution in [0.2, 0.25) is 0 Å². The van der Waals surface area contributed by atoms with Crippen molar-refractivity contribution in [3.63, 3.8) is 0 Å². The molecule has 0 atom stereocenters. The maximum atomic E-state index is 12.1. The molecule has 26 heavy (non-hydrogen) atoms. The molecule has 0 unspecified atom stereocenters. The Morgan fingerprint density at radius 1 is 0.885 bits per heavy atom. The third-order valence-corrected chi connectivity index (χ3v) is 4.78. The zero-order valence-corrected chi connectivity index (χ0v) is 15.4. The smallest absolute Gasteiger partial charge is 0.243 e. The van der Waals surface area contributed by atoms with Crippen molar-refractivity contribution in [2.24, 2.45) is 0 Å². The Bertz CT molecular complexity index is 679. The molecule has 1 aliphatic rings. The topological polar surface area (TPSA) is 47.6 Å². The SMILES string of the molecule is CCN1CCN(Cc2ccc(NC(=O)CNc3ccccc3)cc2)CC1. The van der Waals surface area contributed by atoms with Gasteiger partial charge in [-0.2, -0.15) is 0 Å². The van der Waals surface area contributed by atoms with Crippen LogP contribution in [0, 0.1) is 0 Å². The van der Waals surface area contributed by atoms with Crippen LogP contribution in [0.1, 0.15) is 12.5 Å². The first-order chi connectivity index (χ1) is 12.7. The summed E-state index contributed by atoms with van der Waals surface area (Å²) in [4.78, 5) is 17.0. The molecule has 5 nitrogen and oxygen atoms in total. The average Bonchev–Trinajstić information content (AvgIpc) is 2.69. The zero-order chi connectivity index (χ0) is 18.2. The highest BCUT2D eigenvalue weighted by atomic mass is 16.1. The van der Waals surface area contributed by atoms with Gasteiger partial charge in [-0.15, -0.1) is 0 Å². The fourth-order valence-corrected chi connectivity index (χ4v) is 3.16. The van der Waals surface area contributed by atoms with E-state index in [4.69, 9.17) is 0 Å². The van der Waals surface area contributed by atoms with Crippen LogP contribution in [-0.2, 0) is 11.3 Å². The first kappa shape index (κ1) is 18.4. The summed E-state index contributed by atoms with van der Waals surface area (Å²) < 4.78 is 0. The molecule has 0 aliphatic carbocycles. The monoisotopic (exact) mass is 352 g/mol. The van der Waals surface area contributed by atoms with Gasteiger partial charge < -0.3 is 15.5 Å². The summed E-state index contributed by atoms with van der Waals surface area (Å²) in [6, 6.07) is 17.9. The molecule has 0 saturated carbocycles. The molecule has 138 valence electrons. The molecule has 1 aliphatic heterocycles. The highest BCUT2D eigenvalue weighted by Crippen LogP contribution is 2.13. The lowest BCUT2D eigenvalue weighted by molar-refractivity contribution is -0.114. The van der Waals surface area contributed by atoms with E-state index in [1.54, 1.807) is 0 Å². The number of anilines is 2. The normalized spacial score (nSPS) is 15.6. The first-order valence-corrected chi connectivity index (χ1v) is 9.35. The first-order valence-electron chi connectivity index (χ1n) is 9.35. The molecule has 1 amide bonds. The number of para-hydroxylation sites is 1. The summed E-state index contributed by atoms with van der Waals surface area (Å²) in [6.45, 7) is 9.14. The lowest BCUT2D eigenvalue weighted by atomic mass is 10.1. The quantitative estimate of drug-likeness (QED) is 0.804. The summed E-state index contributed by atoms with van der Waals surface area (Å²) in [6.07, 6.45) is 0. The lowest BCUT2D eigenvalue weighted by Crippen LogP contribution is -2.45. The number of carbonyl (C=O) groups is 1. The van der Waals surface area contributed by atoms with E-state index in [1.165, 1.54) is 5.56 Å². The highest BCUT2D eigenvalue weighted by molar-refractivity contribution is 5.93. The van der Waals surface area contributed by atoms with Gasteiger partial charge in [-0.25, -0.2) is 0 Å². The predicted octanol–water partition coefficient (Wildman–Crippen LogP) is 2.87. The molecule has 1 fully saturated rings. The van der Waals surface area contributed by atoms with Crippen molar-refractivity contribution in [2.45, 2.75) is 13.5 Å². The van der Waals surface area contributed by atoms with Crippen molar-refractivity contribution >= 4 is 17.3 Å². The van der Waals surface area contributed by atoms with Crippen molar-refractivity contribution < 1.29 is 4.79 Å². The van der Waals surface area contributed by atoms with E-state index in [1.807, 2.05) is 42.5 Å². The van der Waals surface area contributed by atoms with E-state index in [9.17, 15) is 4.79 Å². The molecule has 1 saturated heterocycles. The molecule has 0 bridgehead atoms. The Hall–Kier alpha value is -2.37. The molecule has 0 spiro atoms. The second kappa shape index (κ2) is 9.36. The number of hydrogen-bond acceptors (Lipinski definition) is 4. The minimum absolute atomic E-state index is 0.0442. The van der Waals surface area contributed by atoms with Crippen molar-refractivity contribution in [1.82, 2.24) is 9.80 Å². The van der Waals surface area contributed by atoms with Gasteiger partial charge >= 0.3 is 0 Å². The van der Waals surface area contributed by atoms with Crippen LogP contribution in [0.5, 0.6) is 0 Å². The van der Waals surface area contributed by atoms with Crippen LogP contribution in [-0.4, -0.2) is 55.0 Å². The number of amides is 1. The van der Waals surface area contributed by atoms with Crippen LogP contribution in [0.3, 0.4) is 0 Å². The van der Waals surface area contributed by atoms with Crippen molar-refractivity contribution in [3.8, 4) is 0 Å². The van der Waals surface area contributed by atoms with E-state index in [-0.39, 0.29) is 12.5 Å². The van der Waals surface area contributed by atoms with Crippen LogP contribution in [0.25, 0.3) is 0 Å². The number of carbonyl (C=O) groups excluding carboxylic acids is 1. The fourth-order valence-electron chi connectivity index (χ4n) is 3.16. The number of nitrogens with one attached hydrogen (secondary N) is 2. The van der Waals surface area contributed by atoms with Gasteiger partial charge in [-0.1, -0.05) is 37.3 Å². The predicted molar refractivity (Wildman–Crippen MR) is 107 cm³/mol. The molecular weight excluding hydrogens is 324 g/mol. The third kappa shape index (κ3) is 5.58. The van der Waals surface area contributed by atoms with Crippen LogP contribution >= 0.6 is 0 Å². The second-order valence-corrected chi connectivity index (χ2v) is 6.68. The van der Waals surface area contributed by atoms with E-state index in [0.29, 0.717) is 0 Å². The van der Waals surface area contributed by atoms with Gasteiger partial charge in [0.1, 0.15) is 0 Å². The average molecular weight is 352 g/mol. The number of rotatable bonds is 7. The molecule has 2 aromatic carbocycles. The summed E-state index contributed by atoms with van der Waals surface area (Å²) in [5, 5.41) is 6.05. The number of hydrogen-bond donors (Lipinski definition) is 2. The summed E-state index contributed by atoms with van der Waals surface area (Å²) >= 11 is 0. The van der Waals surface area contributed by atoms with Crippen LogP contribution < -0.4 is 10.6 Å². The van der Waals surface area contributed by atoms with Crippen LogP contribution in [0.15, 0.2) is 54.6 Å². The maximum absolute atomic E-state index is 12.1. The largest absolute Gasteiger partial charge is 0.376 e. The summed E-state index contributed by atoms with van der Waals surface area (Å²) in [5.41, 5.74) is 3.07. The van der Waals surface area contributed by atoms with Gasteiger partial charge in [0, 0.05) is 44.1 Å². The zero-order valence-electron chi connectivity index (χ0n) is 15.4. The van der Waals surface area contributed by atoms with Gasteiger partial charge in [-0.3, -0.25) is 9.69 Å². The van der Waals surface area contributed by atoms with Crippen LogP contribution in [0.4, 0.5) is 11.4 Å². The molecule has 0 radical (unpaired) electrons. The molecule has 0 aromatic heterocycles. The van der Waals surface area contributed by atoms with Gasteiger partial charge in [0.15, 0.2) is 0 Å². The van der Waals surface area contributed by atoms with Crippen molar-refractivity contribution in [3.05, 3.63) is 60.2 Å². The number of nitrogens with zero attached hydrogens (tertiary/aromatic N) is 2. The molecular formula is C21H28N4O. The Morgan fingerprint density at radius 2 is 1.54 bits per heavy atom. The molecule has 1 heterocycles. The Morgan fingerprint density at radius 3 is 2.19 bits per heavy atom. The molecule has 5 heteroatoms.